The molecule has 0 aromatic carbocycles. The summed E-state index contributed by atoms with van der Waals surface area (Å²) >= 11 is 0. The maximum atomic E-state index is 12.3. The number of ether oxygens (including phenoxy) is 1. The van der Waals surface area contributed by atoms with Gasteiger partial charge in [-0.25, -0.2) is 4.57 Å². The summed E-state index contributed by atoms with van der Waals surface area (Å²) in [6.45, 7) is 0.460. The van der Waals surface area contributed by atoms with Crippen LogP contribution in [0.1, 0.15) is 6.42 Å². The van der Waals surface area contributed by atoms with Crippen molar-refractivity contribution >= 4 is 16.2 Å². The van der Waals surface area contributed by atoms with Crippen molar-refractivity contribution < 1.29 is 27.0 Å². The highest BCUT2D eigenvalue weighted by molar-refractivity contribution is 7.87. The van der Waals surface area contributed by atoms with Gasteiger partial charge in [0.15, 0.2) is 0 Å². The number of aryl methyl sites for hydroxylation is 1. The zero-order valence-corrected chi connectivity index (χ0v) is 13.9. The summed E-state index contributed by atoms with van der Waals surface area (Å²) in [7, 11) is 5.05. The van der Waals surface area contributed by atoms with Crippen LogP contribution in [0, 0.1) is 0 Å². The van der Waals surface area contributed by atoms with E-state index >= 15 is 0 Å². The molecule has 1 rings (SSSR count). The Labute approximate surface area is 125 Å². The van der Waals surface area contributed by atoms with Gasteiger partial charge in [0.2, 0.25) is 0 Å². The molecular weight excluding hydrogens is 296 g/mol. The molecule has 9 heteroatoms. The molecule has 0 aliphatic heterocycles. The van der Waals surface area contributed by atoms with Crippen LogP contribution >= 0.6 is 0 Å². The smallest absolute Gasteiger partial charge is 0.377 e. The summed E-state index contributed by atoms with van der Waals surface area (Å²) in [5.74, 6) is -0.450. The molecule has 120 valence electrons. The molecule has 0 saturated carbocycles. The van der Waals surface area contributed by atoms with Gasteiger partial charge in [0.05, 0.1) is 54.3 Å². The van der Waals surface area contributed by atoms with E-state index in [0.29, 0.717) is 11.0 Å². The molecule has 0 bridgehead atoms. The van der Waals surface area contributed by atoms with Gasteiger partial charge in [0, 0.05) is 0 Å². The molecular formula is C12H24N4O4S+2. The topological polar surface area (TPSA) is 81.3 Å². The number of rotatable bonds is 7. The molecule has 0 aliphatic carbocycles. The number of likely N-dealkylation sites (N-methyl/N-ethyl adjacent to an activating group) is 1. The van der Waals surface area contributed by atoms with Crippen LogP contribution in [0.2, 0.25) is 0 Å². The maximum absolute atomic E-state index is 12.3. The lowest BCUT2D eigenvalue weighted by Gasteiger charge is -2.28. The number of quaternary nitrogens is 1. The lowest BCUT2D eigenvalue weighted by atomic mass is 10.2. The van der Waals surface area contributed by atoms with Gasteiger partial charge in [-0.3, -0.25) is 4.79 Å². The summed E-state index contributed by atoms with van der Waals surface area (Å²) in [5.41, 5.74) is 0. The first kappa shape index (κ1) is 17.6. The fraction of sp³-hybridized carbons (Fsp3) is 0.667. The maximum Gasteiger partial charge on any atom is 0.377 e. The number of nitrogens with zero attached hydrogens (tertiary/aromatic N) is 3. The van der Waals surface area contributed by atoms with E-state index < -0.39 is 22.2 Å². The third-order valence-electron chi connectivity index (χ3n) is 2.75. The Kier molecular flexibility index (Phi) is 5.48. The minimum Gasteiger partial charge on any atom is -0.469 e. The van der Waals surface area contributed by atoms with Gasteiger partial charge < -0.3 is 9.22 Å². The van der Waals surface area contributed by atoms with Crippen molar-refractivity contribution in [1.82, 2.24) is 8.69 Å². The Balaban J connectivity index is 2.91. The molecule has 1 N–H and O–H groups in total. The fourth-order valence-corrected chi connectivity index (χ4v) is 3.12. The van der Waals surface area contributed by atoms with E-state index in [0.717, 1.165) is 3.97 Å². The number of imidazole rings is 1. The molecule has 1 heterocycles. The first-order valence-corrected chi connectivity index (χ1v) is 7.91. The number of hydrogen-bond acceptors (Lipinski definition) is 4. The van der Waals surface area contributed by atoms with E-state index in [2.05, 4.69) is 9.46 Å². The predicted octanol–water partition coefficient (Wildman–Crippen LogP) is -1.37. The second-order valence-corrected chi connectivity index (χ2v) is 7.59. The van der Waals surface area contributed by atoms with Crippen LogP contribution < -0.4 is 9.29 Å². The Morgan fingerprint density at radius 2 is 2.05 bits per heavy atom. The van der Waals surface area contributed by atoms with Crippen molar-refractivity contribution in [1.29, 1.82) is 0 Å². The Morgan fingerprint density at radius 3 is 2.48 bits per heavy atom. The summed E-state index contributed by atoms with van der Waals surface area (Å²) < 4.78 is 35.0. The van der Waals surface area contributed by atoms with Crippen molar-refractivity contribution in [3.8, 4) is 0 Å². The molecule has 0 radical (unpaired) electrons. The Bertz CT molecular complexity index is 589. The zero-order chi connectivity index (χ0) is 16.3. The van der Waals surface area contributed by atoms with Gasteiger partial charge in [-0.05, 0) is 0 Å². The van der Waals surface area contributed by atoms with E-state index in [9.17, 15) is 13.2 Å². The first-order chi connectivity index (χ1) is 9.53. The van der Waals surface area contributed by atoms with Gasteiger partial charge in [-0.15, -0.1) is 3.97 Å². The number of hydrogen-bond donors (Lipinski definition) is 1. The zero-order valence-electron chi connectivity index (χ0n) is 13.1. The van der Waals surface area contributed by atoms with Crippen LogP contribution in [0.25, 0.3) is 0 Å². The highest BCUT2D eigenvalue weighted by Crippen LogP contribution is 2.04. The third kappa shape index (κ3) is 5.82. The van der Waals surface area contributed by atoms with Crippen LogP contribution in [0.5, 0.6) is 0 Å². The minimum atomic E-state index is -3.74. The molecule has 0 spiro atoms. The normalized spacial score (nSPS) is 14.0. The van der Waals surface area contributed by atoms with Gasteiger partial charge in [0.25, 0.3) is 6.33 Å². The molecule has 1 aromatic heterocycles. The number of aromatic nitrogens is 2. The average molecular weight is 320 g/mol. The SMILES string of the molecule is COC(=O)CC(C[N+](C)(C)C)NS(=O)(=O)n1cc[n+](C)c1. The molecule has 0 fully saturated rings. The second-order valence-electron chi connectivity index (χ2n) is 5.98. The number of nitrogens with one attached hydrogen (secondary N) is 1. The predicted molar refractivity (Wildman–Crippen MR) is 76.4 cm³/mol. The molecule has 0 amide bonds. The first-order valence-electron chi connectivity index (χ1n) is 6.47. The van der Waals surface area contributed by atoms with Crippen molar-refractivity contribution in [2.24, 2.45) is 7.05 Å². The van der Waals surface area contributed by atoms with E-state index in [1.165, 1.54) is 19.6 Å². The van der Waals surface area contributed by atoms with Crippen molar-refractivity contribution in [2.75, 3.05) is 34.8 Å². The summed E-state index contributed by atoms with van der Waals surface area (Å²) in [4.78, 5) is 11.5. The van der Waals surface area contributed by atoms with Crippen molar-refractivity contribution in [2.45, 2.75) is 12.5 Å². The van der Waals surface area contributed by atoms with Gasteiger partial charge in [-0.2, -0.15) is 13.1 Å². The third-order valence-corrected chi connectivity index (χ3v) is 4.15. The monoisotopic (exact) mass is 320 g/mol. The Morgan fingerprint density at radius 1 is 1.43 bits per heavy atom. The van der Waals surface area contributed by atoms with Gasteiger partial charge in [0.1, 0.15) is 12.4 Å². The highest BCUT2D eigenvalue weighted by Gasteiger charge is 2.29. The number of esters is 1. The van der Waals surface area contributed by atoms with E-state index in [1.807, 2.05) is 21.1 Å². The van der Waals surface area contributed by atoms with Crippen molar-refractivity contribution in [3.63, 3.8) is 0 Å². The van der Waals surface area contributed by atoms with Crippen LogP contribution in [0.3, 0.4) is 0 Å². The van der Waals surface area contributed by atoms with Crippen LogP contribution in [-0.2, 0) is 26.8 Å². The van der Waals surface area contributed by atoms with Crippen molar-refractivity contribution in [3.05, 3.63) is 18.7 Å². The van der Waals surface area contributed by atoms with E-state index in [-0.39, 0.29) is 6.42 Å². The molecule has 1 atom stereocenters. The molecule has 21 heavy (non-hydrogen) atoms. The standard InChI is InChI=1S/C12H24N4O4S/c1-14-6-7-15(10-14)21(18,19)13-11(8-12(17)20-5)9-16(2,3)4/h6-7,10-11,13H,8-9H2,1-5H3/q+2. The molecule has 8 nitrogen and oxygen atoms in total. The van der Waals surface area contributed by atoms with Crippen LogP contribution in [0.15, 0.2) is 18.7 Å². The van der Waals surface area contributed by atoms with Gasteiger partial charge in [-0.1, -0.05) is 0 Å². The Hall–Kier alpha value is -1.45. The minimum absolute atomic E-state index is 0.0152. The number of carbonyl (C=O) groups excluding carboxylic acids is 1. The molecule has 0 aliphatic rings. The van der Waals surface area contributed by atoms with E-state index in [1.54, 1.807) is 17.8 Å². The lowest BCUT2D eigenvalue weighted by Crippen LogP contribution is -2.50. The van der Waals surface area contributed by atoms with Crippen LogP contribution in [-0.4, -0.2) is 63.7 Å². The highest BCUT2D eigenvalue weighted by atomic mass is 32.2. The van der Waals surface area contributed by atoms with E-state index in [4.69, 9.17) is 0 Å². The van der Waals surface area contributed by atoms with Crippen LogP contribution in [0.4, 0.5) is 0 Å². The summed E-state index contributed by atoms with van der Waals surface area (Å²) in [6, 6.07) is -0.546. The lowest BCUT2D eigenvalue weighted by molar-refractivity contribution is -0.871. The molecule has 0 saturated heterocycles. The number of carbonyl (C=O) groups is 1. The summed E-state index contributed by atoms with van der Waals surface area (Å²) in [5, 5.41) is 0. The molecule has 1 aromatic rings. The molecule has 1 unspecified atom stereocenters. The summed E-state index contributed by atoms with van der Waals surface area (Å²) in [6.07, 6.45) is 4.47. The second kappa shape index (κ2) is 6.54. The quantitative estimate of drug-likeness (QED) is 0.382. The van der Waals surface area contributed by atoms with Gasteiger partial charge >= 0.3 is 16.2 Å². The average Bonchev–Trinajstić information content (AvgIpc) is 2.73. The fourth-order valence-electron chi connectivity index (χ4n) is 1.93. The number of methoxy groups -OCH3 is 1. The largest absolute Gasteiger partial charge is 0.469 e.